The van der Waals surface area contributed by atoms with E-state index in [9.17, 15) is 4.79 Å². The Morgan fingerprint density at radius 3 is 2.54 bits per heavy atom. The Balaban J connectivity index is 1.56. The highest BCUT2D eigenvalue weighted by Crippen LogP contribution is 2.24. The van der Waals surface area contributed by atoms with E-state index >= 15 is 0 Å². The van der Waals surface area contributed by atoms with E-state index in [0.29, 0.717) is 21.9 Å². The normalized spacial score (nSPS) is 15.0. The van der Waals surface area contributed by atoms with Gasteiger partial charge in [-0.15, -0.1) is 0 Å². The third-order valence-corrected chi connectivity index (χ3v) is 4.51. The molecule has 1 aliphatic heterocycles. The van der Waals surface area contributed by atoms with Crippen molar-refractivity contribution in [1.82, 2.24) is 15.0 Å². The zero-order chi connectivity index (χ0) is 16.5. The molecule has 4 rings (SSSR count). The molecule has 0 saturated carbocycles. The van der Waals surface area contributed by atoms with E-state index < -0.39 is 0 Å². The van der Waals surface area contributed by atoms with Gasteiger partial charge >= 0.3 is 0 Å². The second-order valence-corrected chi connectivity index (χ2v) is 6.10. The highest BCUT2D eigenvalue weighted by Gasteiger charge is 2.21. The largest absolute Gasteiger partial charge is 0.352 e. The first-order chi connectivity index (χ1) is 11.7. The van der Waals surface area contributed by atoms with Crippen molar-refractivity contribution in [1.29, 1.82) is 0 Å². The van der Waals surface area contributed by atoms with E-state index in [1.165, 1.54) is 0 Å². The molecule has 3 heterocycles. The van der Waals surface area contributed by atoms with Gasteiger partial charge in [0.25, 0.3) is 5.56 Å². The smallest absolute Gasteiger partial charge is 0.260 e. The van der Waals surface area contributed by atoms with Crippen LogP contribution in [0.15, 0.2) is 47.4 Å². The van der Waals surface area contributed by atoms with E-state index in [4.69, 9.17) is 11.6 Å². The fourth-order valence-electron chi connectivity index (χ4n) is 2.96. The summed E-state index contributed by atoms with van der Waals surface area (Å²) >= 11 is 6.22. The molecule has 0 atom stereocenters. The van der Waals surface area contributed by atoms with Crippen molar-refractivity contribution in [2.24, 2.45) is 0 Å². The van der Waals surface area contributed by atoms with Gasteiger partial charge in [-0.3, -0.25) is 9.78 Å². The van der Waals surface area contributed by atoms with Crippen molar-refractivity contribution in [2.45, 2.75) is 0 Å². The number of halogens is 1. The molecule has 0 unspecified atom stereocenters. The van der Waals surface area contributed by atoms with E-state index in [1.807, 2.05) is 30.3 Å². The number of para-hydroxylation sites is 1. The molecule has 122 valence electrons. The molecule has 6 nitrogen and oxygen atoms in total. The maximum atomic E-state index is 12.2. The molecule has 1 fully saturated rings. The molecule has 0 amide bonds. The summed E-state index contributed by atoms with van der Waals surface area (Å²) in [6, 6.07) is 11.0. The van der Waals surface area contributed by atoms with Crippen LogP contribution >= 0.6 is 11.6 Å². The van der Waals surface area contributed by atoms with E-state index in [0.717, 1.165) is 32.0 Å². The van der Waals surface area contributed by atoms with Crippen molar-refractivity contribution in [3.05, 3.63) is 58.0 Å². The van der Waals surface area contributed by atoms with Crippen molar-refractivity contribution in [3.63, 3.8) is 0 Å². The molecule has 0 bridgehead atoms. The van der Waals surface area contributed by atoms with Gasteiger partial charge in [-0.2, -0.15) is 0 Å². The molecule has 0 aliphatic carbocycles. The standard InChI is InChI=1S/C17H16ClN5O/c18-13-5-3-7-19-15(13)22-8-10-23(11-9-22)17-20-14-6-2-1-4-12(14)16(24)21-17/h1-7H,8-11H2,(H,20,21,24). The zero-order valence-electron chi connectivity index (χ0n) is 12.9. The summed E-state index contributed by atoms with van der Waals surface area (Å²) < 4.78 is 0. The van der Waals surface area contributed by atoms with Gasteiger partial charge in [-0.1, -0.05) is 23.7 Å². The van der Waals surface area contributed by atoms with Crippen LogP contribution in [0.5, 0.6) is 0 Å². The monoisotopic (exact) mass is 341 g/mol. The first-order valence-corrected chi connectivity index (χ1v) is 8.19. The van der Waals surface area contributed by atoms with E-state index in [2.05, 4.69) is 24.8 Å². The Morgan fingerprint density at radius 1 is 1.00 bits per heavy atom. The van der Waals surface area contributed by atoms with Gasteiger partial charge in [-0.05, 0) is 24.3 Å². The number of pyridine rings is 1. The zero-order valence-corrected chi connectivity index (χ0v) is 13.7. The van der Waals surface area contributed by atoms with Crippen LogP contribution in [0.3, 0.4) is 0 Å². The highest BCUT2D eigenvalue weighted by molar-refractivity contribution is 6.32. The summed E-state index contributed by atoms with van der Waals surface area (Å²) in [5, 5.41) is 1.27. The lowest BCUT2D eigenvalue weighted by Gasteiger charge is -2.35. The number of anilines is 2. The Kier molecular flexibility index (Phi) is 3.82. The molecule has 3 aromatic rings. The van der Waals surface area contributed by atoms with Crippen LogP contribution in [0.2, 0.25) is 5.02 Å². The third-order valence-electron chi connectivity index (χ3n) is 4.22. The van der Waals surface area contributed by atoms with Crippen LogP contribution in [-0.4, -0.2) is 41.1 Å². The summed E-state index contributed by atoms with van der Waals surface area (Å²) in [6.45, 7) is 3.03. The lowest BCUT2D eigenvalue weighted by atomic mass is 10.2. The van der Waals surface area contributed by atoms with Crippen molar-refractivity contribution in [2.75, 3.05) is 36.0 Å². The number of aromatic amines is 1. The van der Waals surface area contributed by atoms with Gasteiger partial charge in [0, 0.05) is 32.4 Å². The predicted molar refractivity (Wildman–Crippen MR) is 96.0 cm³/mol. The minimum atomic E-state index is -0.106. The lowest BCUT2D eigenvalue weighted by molar-refractivity contribution is 0.635. The molecule has 1 N–H and O–H groups in total. The molecule has 0 spiro atoms. The van der Waals surface area contributed by atoms with Crippen LogP contribution in [-0.2, 0) is 0 Å². The molecule has 24 heavy (non-hydrogen) atoms. The fourth-order valence-corrected chi connectivity index (χ4v) is 3.20. The molecule has 1 aromatic carbocycles. The number of hydrogen-bond donors (Lipinski definition) is 1. The minimum absolute atomic E-state index is 0.106. The molecule has 0 radical (unpaired) electrons. The van der Waals surface area contributed by atoms with Crippen LogP contribution in [0.4, 0.5) is 11.8 Å². The number of benzene rings is 1. The van der Waals surface area contributed by atoms with Gasteiger partial charge in [-0.25, -0.2) is 9.97 Å². The summed E-state index contributed by atoms with van der Waals surface area (Å²) in [5.74, 6) is 1.42. The highest BCUT2D eigenvalue weighted by atomic mass is 35.5. The first-order valence-electron chi connectivity index (χ1n) is 7.82. The van der Waals surface area contributed by atoms with E-state index in [1.54, 1.807) is 12.3 Å². The molecule has 1 saturated heterocycles. The molecule has 1 aliphatic rings. The maximum absolute atomic E-state index is 12.2. The average molecular weight is 342 g/mol. The number of hydrogen-bond acceptors (Lipinski definition) is 5. The van der Waals surface area contributed by atoms with Crippen LogP contribution in [0.1, 0.15) is 0 Å². The second-order valence-electron chi connectivity index (χ2n) is 5.69. The Hall–Kier alpha value is -2.60. The Morgan fingerprint density at radius 2 is 1.75 bits per heavy atom. The topological polar surface area (TPSA) is 65.1 Å². The first kappa shape index (κ1) is 15.0. The van der Waals surface area contributed by atoms with Gasteiger partial charge in [0.15, 0.2) is 0 Å². The minimum Gasteiger partial charge on any atom is -0.352 e. The summed E-state index contributed by atoms with van der Waals surface area (Å²) in [4.78, 5) is 28.3. The second kappa shape index (κ2) is 6.13. The van der Waals surface area contributed by atoms with Gasteiger partial charge in [0.2, 0.25) is 5.95 Å². The third kappa shape index (κ3) is 2.69. The average Bonchev–Trinajstić information content (AvgIpc) is 2.62. The van der Waals surface area contributed by atoms with Crippen molar-refractivity contribution < 1.29 is 0 Å². The van der Waals surface area contributed by atoms with Gasteiger partial charge < -0.3 is 9.80 Å². The summed E-state index contributed by atoms with van der Waals surface area (Å²) in [7, 11) is 0. The molecular weight excluding hydrogens is 326 g/mol. The number of rotatable bonds is 2. The predicted octanol–water partition coefficient (Wildman–Crippen LogP) is 2.30. The number of fused-ring (bicyclic) bond motifs is 1. The Labute approximate surface area is 143 Å². The van der Waals surface area contributed by atoms with Gasteiger partial charge in [0.05, 0.1) is 15.9 Å². The number of piperazine rings is 1. The molecule has 2 aromatic heterocycles. The van der Waals surface area contributed by atoms with Crippen molar-refractivity contribution in [3.8, 4) is 0 Å². The molecular formula is C17H16ClN5O. The number of H-pyrrole nitrogens is 1. The molecule has 7 heteroatoms. The van der Waals surface area contributed by atoms with Crippen LogP contribution in [0.25, 0.3) is 10.9 Å². The lowest BCUT2D eigenvalue weighted by Crippen LogP contribution is -2.47. The van der Waals surface area contributed by atoms with Gasteiger partial charge in [0.1, 0.15) is 5.82 Å². The number of nitrogens with one attached hydrogen (secondary N) is 1. The quantitative estimate of drug-likeness (QED) is 0.774. The summed E-state index contributed by atoms with van der Waals surface area (Å²) in [6.07, 6.45) is 1.75. The number of nitrogens with zero attached hydrogens (tertiary/aromatic N) is 4. The number of aromatic nitrogens is 3. The SMILES string of the molecule is O=c1[nH]c(N2CCN(c3ncccc3Cl)CC2)nc2ccccc12. The van der Waals surface area contributed by atoms with Crippen LogP contribution < -0.4 is 15.4 Å². The fraction of sp³-hybridized carbons (Fsp3) is 0.235. The maximum Gasteiger partial charge on any atom is 0.260 e. The summed E-state index contributed by atoms with van der Waals surface area (Å²) in [5.41, 5.74) is 0.609. The van der Waals surface area contributed by atoms with Crippen LogP contribution in [0, 0.1) is 0 Å². The van der Waals surface area contributed by atoms with Crippen molar-refractivity contribution >= 4 is 34.3 Å². The Bertz CT molecular complexity index is 933. The van der Waals surface area contributed by atoms with E-state index in [-0.39, 0.29) is 5.56 Å².